The zero-order valence-corrected chi connectivity index (χ0v) is 11.9. The molecule has 1 amide bonds. The van der Waals surface area contributed by atoms with Crippen LogP contribution in [0.2, 0.25) is 0 Å². The molecule has 0 aliphatic rings. The topological polar surface area (TPSA) is 77.5 Å². The molecule has 1 heterocycles. The second kappa shape index (κ2) is 6.49. The van der Waals surface area contributed by atoms with Crippen molar-refractivity contribution in [2.75, 3.05) is 25.0 Å². The number of carbonyl (C=O) groups excluding carboxylic acids is 1. The summed E-state index contributed by atoms with van der Waals surface area (Å²) in [6.07, 6.45) is 1.44. The second-order valence-corrected chi connectivity index (χ2v) is 5.44. The summed E-state index contributed by atoms with van der Waals surface area (Å²) in [5.74, 6) is 0.223. The summed E-state index contributed by atoms with van der Waals surface area (Å²) in [5.41, 5.74) is 2.00. The molecule has 0 saturated carbocycles. The van der Waals surface area contributed by atoms with Gasteiger partial charge in [-0.2, -0.15) is 0 Å². The van der Waals surface area contributed by atoms with Crippen LogP contribution < -0.4 is 15.7 Å². The van der Waals surface area contributed by atoms with Crippen molar-refractivity contribution < 1.29 is 10.0 Å². The predicted molar refractivity (Wildman–Crippen MR) is 74.5 cm³/mol. The molecule has 0 aliphatic carbocycles. The lowest BCUT2D eigenvalue weighted by molar-refractivity contribution is 0.0706. The third kappa shape index (κ3) is 5.23. The number of amides is 1. The summed E-state index contributed by atoms with van der Waals surface area (Å²) >= 11 is 0. The average Bonchev–Trinajstić information content (AvgIpc) is 2.36. The van der Waals surface area contributed by atoms with E-state index >= 15 is 0 Å². The Labute approximate surface area is 113 Å². The quantitative estimate of drug-likeness (QED) is 0.548. The third-order valence-corrected chi connectivity index (χ3v) is 2.61. The number of hydrogen-bond donors (Lipinski definition) is 3. The Morgan fingerprint density at radius 3 is 2.58 bits per heavy atom. The average molecular weight is 266 g/mol. The first kappa shape index (κ1) is 15.4. The van der Waals surface area contributed by atoms with E-state index in [0.717, 1.165) is 18.9 Å². The SMILES string of the molecule is CN(CCNC(C)(C)C)c1ccc(C(=O)NO)cn1. The Bertz CT molecular complexity index is 412. The lowest BCUT2D eigenvalue weighted by atomic mass is 10.1. The van der Waals surface area contributed by atoms with Crippen molar-refractivity contribution >= 4 is 11.7 Å². The van der Waals surface area contributed by atoms with Gasteiger partial charge in [-0.25, -0.2) is 10.5 Å². The summed E-state index contributed by atoms with van der Waals surface area (Å²) in [4.78, 5) is 17.3. The van der Waals surface area contributed by atoms with Gasteiger partial charge in [0.2, 0.25) is 0 Å². The molecule has 0 bridgehead atoms. The molecule has 0 saturated heterocycles. The van der Waals surface area contributed by atoms with Crippen LogP contribution in [-0.2, 0) is 0 Å². The summed E-state index contributed by atoms with van der Waals surface area (Å²) in [7, 11) is 1.94. The van der Waals surface area contributed by atoms with Gasteiger partial charge in [0.15, 0.2) is 0 Å². The van der Waals surface area contributed by atoms with Gasteiger partial charge in [-0.1, -0.05) is 0 Å². The van der Waals surface area contributed by atoms with E-state index in [0.29, 0.717) is 5.56 Å². The molecule has 0 aromatic carbocycles. The predicted octanol–water partition coefficient (Wildman–Crippen LogP) is 1.02. The lowest BCUT2D eigenvalue weighted by Crippen LogP contribution is -2.40. The van der Waals surface area contributed by atoms with Gasteiger partial charge in [-0.3, -0.25) is 10.0 Å². The molecule has 0 fully saturated rings. The van der Waals surface area contributed by atoms with E-state index in [2.05, 4.69) is 31.1 Å². The molecule has 1 aromatic rings. The number of nitrogens with zero attached hydrogens (tertiary/aromatic N) is 2. The van der Waals surface area contributed by atoms with Crippen LogP contribution in [0, 0.1) is 0 Å². The Balaban J connectivity index is 2.53. The van der Waals surface area contributed by atoms with Crippen molar-refractivity contribution in [2.45, 2.75) is 26.3 Å². The molecule has 106 valence electrons. The van der Waals surface area contributed by atoms with Gasteiger partial charge in [0.05, 0.1) is 5.56 Å². The lowest BCUT2D eigenvalue weighted by Gasteiger charge is -2.24. The summed E-state index contributed by atoms with van der Waals surface area (Å²) in [6.45, 7) is 8.02. The number of hydrogen-bond acceptors (Lipinski definition) is 5. The van der Waals surface area contributed by atoms with Gasteiger partial charge < -0.3 is 10.2 Å². The van der Waals surface area contributed by atoms with Gasteiger partial charge in [0, 0.05) is 31.9 Å². The Morgan fingerprint density at radius 2 is 2.11 bits per heavy atom. The first-order valence-electron chi connectivity index (χ1n) is 6.20. The fourth-order valence-corrected chi connectivity index (χ4v) is 1.52. The van der Waals surface area contributed by atoms with E-state index in [1.807, 2.05) is 11.9 Å². The van der Waals surface area contributed by atoms with E-state index in [1.165, 1.54) is 6.20 Å². The normalized spacial score (nSPS) is 11.2. The molecule has 1 rings (SSSR count). The summed E-state index contributed by atoms with van der Waals surface area (Å²) in [6, 6.07) is 3.38. The maximum Gasteiger partial charge on any atom is 0.276 e. The van der Waals surface area contributed by atoms with Crippen LogP contribution in [-0.4, -0.2) is 41.8 Å². The van der Waals surface area contributed by atoms with Crippen LogP contribution in [0.15, 0.2) is 18.3 Å². The van der Waals surface area contributed by atoms with Crippen LogP contribution in [0.5, 0.6) is 0 Å². The molecule has 0 atom stereocenters. The zero-order valence-electron chi connectivity index (χ0n) is 11.9. The minimum absolute atomic E-state index is 0.0946. The molecular weight excluding hydrogens is 244 g/mol. The highest BCUT2D eigenvalue weighted by Crippen LogP contribution is 2.09. The molecule has 0 radical (unpaired) electrons. The van der Waals surface area contributed by atoms with Gasteiger partial charge >= 0.3 is 0 Å². The van der Waals surface area contributed by atoms with E-state index in [9.17, 15) is 4.79 Å². The Hall–Kier alpha value is -1.66. The molecule has 6 heteroatoms. The van der Waals surface area contributed by atoms with E-state index in [1.54, 1.807) is 17.6 Å². The van der Waals surface area contributed by atoms with E-state index in [-0.39, 0.29) is 5.54 Å². The number of aromatic nitrogens is 1. The minimum atomic E-state index is -0.559. The van der Waals surface area contributed by atoms with Gasteiger partial charge in [-0.15, -0.1) is 0 Å². The molecular formula is C13H22N4O2. The monoisotopic (exact) mass is 266 g/mol. The molecule has 19 heavy (non-hydrogen) atoms. The highest BCUT2D eigenvalue weighted by molar-refractivity contribution is 5.93. The highest BCUT2D eigenvalue weighted by atomic mass is 16.5. The molecule has 0 unspecified atom stereocenters. The second-order valence-electron chi connectivity index (χ2n) is 5.44. The van der Waals surface area contributed by atoms with Crippen molar-refractivity contribution in [1.29, 1.82) is 0 Å². The Kier molecular flexibility index (Phi) is 5.26. The van der Waals surface area contributed by atoms with Crippen LogP contribution in [0.25, 0.3) is 0 Å². The van der Waals surface area contributed by atoms with Crippen molar-refractivity contribution in [3.63, 3.8) is 0 Å². The smallest absolute Gasteiger partial charge is 0.276 e. The first-order valence-corrected chi connectivity index (χ1v) is 6.20. The maximum absolute atomic E-state index is 11.2. The summed E-state index contributed by atoms with van der Waals surface area (Å²) in [5, 5.41) is 11.9. The van der Waals surface area contributed by atoms with Crippen molar-refractivity contribution in [3.8, 4) is 0 Å². The fraction of sp³-hybridized carbons (Fsp3) is 0.538. The number of anilines is 1. The van der Waals surface area contributed by atoms with Crippen molar-refractivity contribution in [1.82, 2.24) is 15.8 Å². The number of likely N-dealkylation sites (N-methyl/N-ethyl adjacent to an activating group) is 1. The first-order chi connectivity index (χ1) is 8.83. The number of pyridine rings is 1. The molecule has 6 nitrogen and oxygen atoms in total. The highest BCUT2D eigenvalue weighted by Gasteiger charge is 2.10. The molecule has 0 spiro atoms. The third-order valence-electron chi connectivity index (χ3n) is 2.61. The van der Waals surface area contributed by atoms with Gasteiger partial charge in [0.25, 0.3) is 5.91 Å². The largest absolute Gasteiger partial charge is 0.358 e. The molecule has 3 N–H and O–H groups in total. The fourth-order valence-electron chi connectivity index (χ4n) is 1.52. The van der Waals surface area contributed by atoms with E-state index in [4.69, 9.17) is 5.21 Å². The van der Waals surface area contributed by atoms with E-state index < -0.39 is 5.91 Å². The number of rotatable bonds is 5. The standard InChI is InChI=1S/C13H22N4O2/c1-13(2,3)15-7-8-17(4)11-6-5-10(9-14-11)12(18)16-19/h5-6,9,15,19H,7-8H2,1-4H3,(H,16,18). The van der Waals surface area contributed by atoms with Crippen LogP contribution in [0.4, 0.5) is 5.82 Å². The van der Waals surface area contributed by atoms with Crippen molar-refractivity contribution in [2.24, 2.45) is 0 Å². The van der Waals surface area contributed by atoms with Crippen molar-refractivity contribution in [3.05, 3.63) is 23.9 Å². The molecule has 0 aliphatic heterocycles. The number of nitrogens with one attached hydrogen (secondary N) is 2. The van der Waals surface area contributed by atoms with Crippen LogP contribution in [0.3, 0.4) is 0 Å². The van der Waals surface area contributed by atoms with Crippen LogP contribution in [0.1, 0.15) is 31.1 Å². The van der Waals surface area contributed by atoms with Gasteiger partial charge in [0.1, 0.15) is 5.82 Å². The minimum Gasteiger partial charge on any atom is -0.358 e. The van der Waals surface area contributed by atoms with Crippen LogP contribution >= 0.6 is 0 Å². The van der Waals surface area contributed by atoms with Gasteiger partial charge in [-0.05, 0) is 32.9 Å². The summed E-state index contributed by atoms with van der Waals surface area (Å²) < 4.78 is 0. The Morgan fingerprint density at radius 1 is 1.42 bits per heavy atom. The number of carbonyl (C=O) groups is 1. The number of hydroxylamine groups is 1. The zero-order chi connectivity index (χ0) is 14.5. The maximum atomic E-state index is 11.2. The molecule has 1 aromatic heterocycles.